The molecule has 0 aromatic carbocycles. The van der Waals surface area contributed by atoms with Crippen LogP contribution in [0.2, 0.25) is 0 Å². The fourth-order valence-corrected chi connectivity index (χ4v) is 4.31. The van der Waals surface area contributed by atoms with E-state index in [1.807, 2.05) is 6.92 Å². The maximum Gasteiger partial charge on any atom is 0.303 e. The Morgan fingerprint density at radius 2 is 1.84 bits per heavy atom. The lowest BCUT2D eigenvalue weighted by atomic mass is 9.78. The minimum absolute atomic E-state index is 0.00658. The first-order chi connectivity index (χ1) is 11.8. The molecule has 5 unspecified atom stereocenters. The van der Waals surface area contributed by atoms with Gasteiger partial charge in [0.25, 0.3) is 0 Å². The van der Waals surface area contributed by atoms with Crippen LogP contribution in [-0.4, -0.2) is 41.3 Å². The summed E-state index contributed by atoms with van der Waals surface area (Å²) in [5.41, 5.74) is 1.20. The lowest BCUT2D eigenvalue weighted by molar-refractivity contribution is -0.205. The summed E-state index contributed by atoms with van der Waals surface area (Å²) in [5.74, 6) is -0.418. The van der Waals surface area contributed by atoms with Crippen molar-refractivity contribution in [2.45, 2.75) is 71.7 Å². The summed E-state index contributed by atoms with van der Waals surface area (Å²) >= 11 is 2.30. The molecule has 1 aliphatic heterocycles. The van der Waals surface area contributed by atoms with Crippen LogP contribution >= 0.6 is 22.6 Å². The number of rotatable bonds is 9. The summed E-state index contributed by atoms with van der Waals surface area (Å²) in [6.07, 6.45) is 3.24. The van der Waals surface area contributed by atoms with Crippen LogP contribution in [0.1, 0.15) is 53.4 Å². The number of hydrogen-bond acceptors (Lipinski definition) is 5. The van der Waals surface area contributed by atoms with Crippen molar-refractivity contribution >= 4 is 34.5 Å². The van der Waals surface area contributed by atoms with Gasteiger partial charge in [0, 0.05) is 24.2 Å². The normalized spacial score (nSPS) is 27.4. The Kier molecular flexibility index (Phi) is 10.0. The van der Waals surface area contributed by atoms with Gasteiger partial charge < -0.3 is 14.2 Å². The van der Waals surface area contributed by atoms with Gasteiger partial charge in [0.1, 0.15) is 6.10 Å². The molecular weight excluding hydrogens is 435 g/mol. The second kappa shape index (κ2) is 11.2. The number of allylic oxidation sites excluding steroid dienone is 1. The smallest absolute Gasteiger partial charge is 0.303 e. The number of esters is 2. The highest BCUT2D eigenvalue weighted by Crippen LogP contribution is 2.35. The second-order valence-corrected chi connectivity index (χ2v) is 7.89. The van der Waals surface area contributed by atoms with E-state index >= 15 is 0 Å². The number of ether oxygens (including phenoxy) is 3. The monoisotopic (exact) mass is 466 g/mol. The van der Waals surface area contributed by atoms with Gasteiger partial charge in [-0.2, -0.15) is 0 Å². The first-order valence-corrected chi connectivity index (χ1v) is 10.4. The molecule has 144 valence electrons. The van der Waals surface area contributed by atoms with Crippen molar-refractivity contribution in [2.75, 3.05) is 11.0 Å². The van der Waals surface area contributed by atoms with Gasteiger partial charge in [0.05, 0.1) is 12.7 Å². The number of unbranched alkanes of at least 4 members (excludes halogenated alkanes) is 1. The standard InChI is InChI=1S/C19H31IO5/c1-12(2)8-6-7-9-13(3)18-16(10-20)23-11-17(24-14(4)21)19(18)25-15(5)22/h13,16-19H,1,6-11H2,2-5H3. The Morgan fingerprint density at radius 1 is 1.20 bits per heavy atom. The molecule has 0 aromatic rings. The van der Waals surface area contributed by atoms with E-state index < -0.39 is 12.2 Å². The molecule has 5 nitrogen and oxygen atoms in total. The molecule has 0 aromatic heterocycles. The van der Waals surface area contributed by atoms with Crippen LogP contribution in [0.4, 0.5) is 0 Å². The molecule has 1 saturated heterocycles. The fraction of sp³-hybridized carbons (Fsp3) is 0.789. The third-order valence-electron chi connectivity index (χ3n) is 4.59. The van der Waals surface area contributed by atoms with Crippen molar-refractivity contribution in [1.82, 2.24) is 0 Å². The van der Waals surface area contributed by atoms with Gasteiger partial charge in [-0.05, 0) is 25.7 Å². The van der Waals surface area contributed by atoms with Gasteiger partial charge in [-0.3, -0.25) is 9.59 Å². The van der Waals surface area contributed by atoms with Crippen LogP contribution in [-0.2, 0) is 23.8 Å². The Hall–Kier alpha value is -0.630. The van der Waals surface area contributed by atoms with E-state index in [9.17, 15) is 9.59 Å². The summed E-state index contributed by atoms with van der Waals surface area (Å²) in [5, 5.41) is 0. The second-order valence-electron chi connectivity index (χ2n) is 7.01. The highest BCUT2D eigenvalue weighted by Gasteiger charge is 2.46. The molecular formula is C19H31IO5. The number of alkyl halides is 1. The van der Waals surface area contributed by atoms with Gasteiger partial charge in [0.15, 0.2) is 6.10 Å². The zero-order chi connectivity index (χ0) is 19.0. The highest BCUT2D eigenvalue weighted by atomic mass is 127. The van der Waals surface area contributed by atoms with E-state index in [0.29, 0.717) is 5.92 Å². The largest absolute Gasteiger partial charge is 0.458 e. The van der Waals surface area contributed by atoms with Crippen molar-refractivity contribution in [2.24, 2.45) is 11.8 Å². The SMILES string of the molecule is C=C(C)CCCCC(C)C1C(CI)OCC(OC(C)=O)C1OC(C)=O. The van der Waals surface area contributed by atoms with Crippen LogP contribution in [0.15, 0.2) is 12.2 Å². The maximum atomic E-state index is 11.6. The molecule has 1 fully saturated rings. The van der Waals surface area contributed by atoms with Gasteiger partial charge in [-0.1, -0.05) is 47.9 Å². The fourth-order valence-electron chi connectivity index (χ4n) is 3.47. The van der Waals surface area contributed by atoms with Crippen LogP contribution in [0, 0.1) is 11.8 Å². The maximum absolute atomic E-state index is 11.6. The summed E-state index contributed by atoms with van der Waals surface area (Å²) in [6, 6.07) is 0. The summed E-state index contributed by atoms with van der Waals surface area (Å²) < 4.78 is 17.7. The number of carbonyl (C=O) groups excluding carboxylic acids is 2. The minimum Gasteiger partial charge on any atom is -0.458 e. The lowest BCUT2D eigenvalue weighted by Gasteiger charge is -2.43. The van der Waals surface area contributed by atoms with Crippen molar-refractivity contribution in [3.63, 3.8) is 0 Å². The Balaban J connectivity index is 2.85. The topological polar surface area (TPSA) is 61.8 Å². The van der Waals surface area contributed by atoms with E-state index in [0.717, 1.165) is 30.1 Å². The van der Waals surface area contributed by atoms with E-state index in [1.165, 1.54) is 19.4 Å². The third-order valence-corrected chi connectivity index (χ3v) is 5.46. The lowest BCUT2D eigenvalue weighted by Crippen LogP contribution is -2.55. The predicted octanol–water partition coefficient (Wildman–Crippen LogP) is 4.07. The van der Waals surface area contributed by atoms with Crippen LogP contribution < -0.4 is 0 Å². The number of hydrogen-bond donors (Lipinski definition) is 0. The van der Waals surface area contributed by atoms with Gasteiger partial charge >= 0.3 is 11.9 Å². The Morgan fingerprint density at radius 3 is 2.36 bits per heavy atom. The summed E-state index contributed by atoms with van der Waals surface area (Å²) in [6.45, 7) is 11.2. The zero-order valence-electron chi connectivity index (χ0n) is 15.8. The molecule has 1 rings (SSSR count). The zero-order valence-corrected chi connectivity index (χ0v) is 17.9. The van der Waals surface area contributed by atoms with Crippen LogP contribution in [0.3, 0.4) is 0 Å². The predicted molar refractivity (Wildman–Crippen MR) is 106 cm³/mol. The average Bonchev–Trinajstić information content (AvgIpc) is 2.51. The van der Waals surface area contributed by atoms with E-state index in [2.05, 4.69) is 36.1 Å². The van der Waals surface area contributed by atoms with Crippen molar-refractivity contribution in [3.8, 4) is 0 Å². The van der Waals surface area contributed by atoms with Crippen molar-refractivity contribution < 1.29 is 23.8 Å². The van der Waals surface area contributed by atoms with E-state index in [4.69, 9.17) is 14.2 Å². The molecule has 0 spiro atoms. The number of carbonyl (C=O) groups is 2. The van der Waals surface area contributed by atoms with Gasteiger partial charge in [0.2, 0.25) is 0 Å². The molecule has 0 aliphatic carbocycles. The highest BCUT2D eigenvalue weighted by molar-refractivity contribution is 14.1. The van der Waals surface area contributed by atoms with Gasteiger partial charge in [-0.25, -0.2) is 0 Å². The van der Waals surface area contributed by atoms with E-state index in [1.54, 1.807) is 0 Å². The molecule has 0 saturated carbocycles. The molecule has 1 aliphatic rings. The van der Waals surface area contributed by atoms with Crippen LogP contribution in [0.5, 0.6) is 0 Å². The first kappa shape index (κ1) is 22.4. The molecule has 5 atom stereocenters. The first-order valence-electron chi connectivity index (χ1n) is 8.92. The quantitative estimate of drug-likeness (QED) is 0.169. The molecule has 25 heavy (non-hydrogen) atoms. The van der Waals surface area contributed by atoms with Gasteiger partial charge in [-0.15, -0.1) is 6.58 Å². The van der Waals surface area contributed by atoms with Crippen LogP contribution in [0.25, 0.3) is 0 Å². The van der Waals surface area contributed by atoms with Crippen molar-refractivity contribution in [1.29, 1.82) is 0 Å². The molecule has 0 N–H and O–H groups in total. The van der Waals surface area contributed by atoms with Crippen molar-refractivity contribution in [3.05, 3.63) is 12.2 Å². The molecule has 0 amide bonds. The molecule has 1 heterocycles. The molecule has 6 heteroatoms. The Labute approximate surface area is 165 Å². The summed E-state index contributed by atoms with van der Waals surface area (Å²) in [7, 11) is 0. The minimum atomic E-state index is -0.538. The summed E-state index contributed by atoms with van der Waals surface area (Å²) in [4.78, 5) is 23.0. The third kappa shape index (κ3) is 7.64. The van der Waals surface area contributed by atoms with E-state index in [-0.39, 0.29) is 30.6 Å². The Bertz CT molecular complexity index is 465. The molecule has 0 bridgehead atoms. The average molecular weight is 466 g/mol. The molecule has 0 radical (unpaired) electrons. The number of halogens is 1.